The molecule has 18 heavy (non-hydrogen) atoms. The van der Waals surface area contributed by atoms with Gasteiger partial charge in [-0.25, -0.2) is 8.42 Å². The Hall–Kier alpha value is -1.58. The van der Waals surface area contributed by atoms with Crippen molar-refractivity contribution in [2.45, 2.75) is 30.2 Å². The highest BCUT2D eigenvalue weighted by Gasteiger charge is 2.37. The maximum absolute atomic E-state index is 12.4. The number of nitriles is 1. The van der Waals surface area contributed by atoms with Gasteiger partial charge in [0.15, 0.2) is 0 Å². The monoisotopic (exact) mass is 266 g/mol. The van der Waals surface area contributed by atoms with Gasteiger partial charge in [-0.1, -0.05) is 0 Å². The average molecular weight is 266 g/mol. The first kappa shape index (κ1) is 12.9. The smallest absolute Gasteiger partial charge is 0.243 e. The van der Waals surface area contributed by atoms with Gasteiger partial charge in [-0.05, 0) is 37.1 Å². The fourth-order valence-electron chi connectivity index (χ4n) is 1.78. The third-order valence-corrected chi connectivity index (χ3v) is 4.81. The molecular weight excluding hydrogens is 252 g/mol. The summed E-state index contributed by atoms with van der Waals surface area (Å²) in [6, 6.07) is 7.45. The summed E-state index contributed by atoms with van der Waals surface area (Å²) in [5.41, 5.74) is 0. The molecule has 1 aromatic rings. The molecular formula is C12H14N2O3S. The third kappa shape index (κ3) is 2.63. The van der Waals surface area contributed by atoms with Crippen LogP contribution in [-0.2, 0) is 10.0 Å². The number of hydrogen-bond acceptors (Lipinski definition) is 4. The first-order chi connectivity index (χ1) is 8.55. The summed E-state index contributed by atoms with van der Waals surface area (Å²) in [4.78, 5) is 0.158. The lowest BCUT2D eigenvalue weighted by atomic mass is 10.3. The van der Waals surface area contributed by atoms with Crippen LogP contribution in [0.3, 0.4) is 0 Å². The molecule has 1 saturated carbocycles. The lowest BCUT2D eigenvalue weighted by molar-refractivity contribution is 0.410. The van der Waals surface area contributed by atoms with Crippen molar-refractivity contribution in [3.8, 4) is 11.8 Å². The van der Waals surface area contributed by atoms with Gasteiger partial charge in [0, 0.05) is 19.0 Å². The van der Waals surface area contributed by atoms with Crippen molar-refractivity contribution in [3.63, 3.8) is 0 Å². The van der Waals surface area contributed by atoms with Crippen molar-refractivity contribution in [1.29, 1.82) is 5.26 Å². The van der Waals surface area contributed by atoms with Crippen LogP contribution in [0.5, 0.6) is 5.75 Å². The molecule has 5 nitrogen and oxygen atoms in total. The van der Waals surface area contributed by atoms with Crippen LogP contribution in [0.4, 0.5) is 0 Å². The highest BCUT2D eigenvalue weighted by Crippen LogP contribution is 2.32. The maximum Gasteiger partial charge on any atom is 0.243 e. The predicted octanol–water partition coefficient (Wildman–Crippen LogP) is 1.46. The number of hydrogen-bond donors (Lipinski definition) is 1. The average Bonchev–Trinajstić information content (AvgIpc) is 3.14. The molecule has 0 spiro atoms. The molecule has 0 heterocycles. The van der Waals surface area contributed by atoms with Crippen LogP contribution < -0.4 is 0 Å². The highest BCUT2D eigenvalue weighted by molar-refractivity contribution is 7.89. The fourth-order valence-corrected chi connectivity index (χ4v) is 3.46. The van der Waals surface area contributed by atoms with Crippen molar-refractivity contribution < 1.29 is 13.5 Å². The van der Waals surface area contributed by atoms with Crippen molar-refractivity contribution in [2.75, 3.05) is 6.54 Å². The van der Waals surface area contributed by atoms with Crippen molar-refractivity contribution in [1.82, 2.24) is 4.31 Å². The minimum atomic E-state index is -3.56. The second-order valence-corrected chi connectivity index (χ2v) is 6.14. The number of phenols is 1. The van der Waals surface area contributed by atoms with E-state index in [0.29, 0.717) is 0 Å². The molecule has 0 unspecified atom stereocenters. The molecule has 0 aromatic heterocycles. The van der Waals surface area contributed by atoms with Gasteiger partial charge in [0.2, 0.25) is 10.0 Å². The highest BCUT2D eigenvalue weighted by atomic mass is 32.2. The molecule has 1 N–H and O–H groups in total. The molecule has 0 aliphatic heterocycles. The molecule has 0 bridgehead atoms. The van der Waals surface area contributed by atoms with Crippen LogP contribution in [0.1, 0.15) is 19.3 Å². The Bertz CT molecular complexity index is 556. The molecule has 1 aromatic carbocycles. The number of benzene rings is 1. The molecule has 0 atom stereocenters. The normalized spacial score (nSPS) is 15.6. The largest absolute Gasteiger partial charge is 0.508 e. The fraction of sp³-hybridized carbons (Fsp3) is 0.417. The molecule has 6 heteroatoms. The summed E-state index contributed by atoms with van der Waals surface area (Å²) >= 11 is 0. The van der Waals surface area contributed by atoms with E-state index in [1.807, 2.05) is 6.07 Å². The number of sulfonamides is 1. The summed E-state index contributed by atoms with van der Waals surface area (Å²) in [5.74, 6) is 0.0314. The van der Waals surface area contributed by atoms with Gasteiger partial charge in [-0.2, -0.15) is 9.57 Å². The van der Waals surface area contributed by atoms with E-state index in [2.05, 4.69) is 0 Å². The summed E-state index contributed by atoms with van der Waals surface area (Å²) in [6.45, 7) is 0.227. The van der Waals surface area contributed by atoms with Crippen molar-refractivity contribution >= 4 is 10.0 Å². The van der Waals surface area contributed by atoms with Crippen molar-refractivity contribution in [2.24, 2.45) is 0 Å². The maximum atomic E-state index is 12.4. The Kier molecular flexibility index (Phi) is 3.55. The van der Waals surface area contributed by atoms with E-state index < -0.39 is 10.0 Å². The lowest BCUT2D eigenvalue weighted by Gasteiger charge is -2.20. The Labute approximate surface area is 106 Å². The molecule has 1 fully saturated rings. The van der Waals surface area contributed by atoms with E-state index in [9.17, 15) is 13.5 Å². The standard InChI is InChI=1S/C12H14N2O3S/c13-8-1-9-14(10-2-3-10)18(16,17)12-6-4-11(15)5-7-12/h4-7,10,15H,1-3,9H2. The molecule has 1 aliphatic rings. The van der Waals surface area contributed by atoms with Crippen LogP contribution in [0.15, 0.2) is 29.2 Å². The Morgan fingerprint density at radius 3 is 2.44 bits per heavy atom. The zero-order valence-corrected chi connectivity index (χ0v) is 10.6. The minimum Gasteiger partial charge on any atom is -0.508 e. The molecule has 96 valence electrons. The zero-order valence-electron chi connectivity index (χ0n) is 9.78. The number of nitrogens with zero attached hydrogens (tertiary/aromatic N) is 2. The topological polar surface area (TPSA) is 81.4 Å². The summed E-state index contributed by atoms with van der Waals surface area (Å²) in [7, 11) is -3.56. The number of phenolic OH excluding ortho intramolecular Hbond substituents is 1. The summed E-state index contributed by atoms with van der Waals surface area (Å²) < 4.78 is 26.1. The molecule has 0 radical (unpaired) electrons. The van der Waals surface area contributed by atoms with E-state index in [-0.39, 0.29) is 29.7 Å². The van der Waals surface area contributed by atoms with Crippen LogP contribution in [-0.4, -0.2) is 30.4 Å². The second kappa shape index (κ2) is 4.96. The van der Waals surface area contributed by atoms with E-state index >= 15 is 0 Å². The van der Waals surface area contributed by atoms with E-state index in [1.54, 1.807) is 0 Å². The zero-order chi connectivity index (χ0) is 13.2. The van der Waals surface area contributed by atoms with Crippen LogP contribution in [0.25, 0.3) is 0 Å². The third-order valence-electron chi connectivity index (χ3n) is 2.84. The number of rotatable bonds is 5. The van der Waals surface area contributed by atoms with E-state index in [4.69, 9.17) is 5.26 Å². The van der Waals surface area contributed by atoms with Gasteiger partial charge < -0.3 is 5.11 Å². The SMILES string of the molecule is N#CCCN(C1CC1)S(=O)(=O)c1ccc(O)cc1. The lowest BCUT2D eigenvalue weighted by Crippen LogP contribution is -2.33. The second-order valence-electron chi connectivity index (χ2n) is 4.25. The van der Waals surface area contributed by atoms with Crippen molar-refractivity contribution in [3.05, 3.63) is 24.3 Å². The van der Waals surface area contributed by atoms with Gasteiger partial charge in [0.1, 0.15) is 5.75 Å². The molecule has 1 aliphatic carbocycles. The summed E-state index contributed by atoms with van der Waals surface area (Å²) in [6.07, 6.45) is 1.89. The van der Waals surface area contributed by atoms with Crippen LogP contribution >= 0.6 is 0 Å². The quantitative estimate of drug-likeness (QED) is 0.874. The van der Waals surface area contributed by atoms with E-state index in [0.717, 1.165) is 12.8 Å². The van der Waals surface area contributed by atoms with Gasteiger partial charge in [-0.3, -0.25) is 0 Å². The van der Waals surface area contributed by atoms with Gasteiger partial charge in [0.05, 0.1) is 11.0 Å². The Morgan fingerprint density at radius 2 is 1.94 bits per heavy atom. The van der Waals surface area contributed by atoms with E-state index in [1.165, 1.54) is 28.6 Å². The minimum absolute atomic E-state index is 0.0251. The first-order valence-corrected chi connectivity index (χ1v) is 7.17. The Balaban J connectivity index is 2.27. The molecule has 0 amide bonds. The van der Waals surface area contributed by atoms with Crippen LogP contribution in [0, 0.1) is 11.3 Å². The number of aromatic hydroxyl groups is 1. The Morgan fingerprint density at radius 1 is 1.33 bits per heavy atom. The summed E-state index contributed by atoms with van der Waals surface area (Å²) in [5, 5.41) is 17.8. The molecule has 0 saturated heterocycles. The van der Waals surface area contributed by atoms with Gasteiger partial charge >= 0.3 is 0 Å². The molecule has 2 rings (SSSR count). The van der Waals surface area contributed by atoms with Crippen LogP contribution in [0.2, 0.25) is 0 Å². The predicted molar refractivity (Wildman–Crippen MR) is 65.3 cm³/mol. The van der Waals surface area contributed by atoms with Gasteiger partial charge in [0.25, 0.3) is 0 Å². The first-order valence-electron chi connectivity index (χ1n) is 5.73. The van der Waals surface area contributed by atoms with Gasteiger partial charge in [-0.15, -0.1) is 0 Å².